The Morgan fingerprint density at radius 1 is 1.64 bits per heavy atom. The van der Waals surface area contributed by atoms with Crippen molar-refractivity contribution in [3.63, 3.8) is 0 Å². The van der Waals surface area contributed by atoms with Crippen LogP contribution < -0.4 is 5.32 Å². The van der Waals surface area contributed by atoms with Crippen molar-refractivity contribution in [2.45, 2.75) is 0 Å². The summed E-state index contributed by atoms with van der Waals surface area (Å²) in [5, 5.41) is 1.88. The van der Waals surface area contributed by atoms with E-state index in [-0.39, 0.29) is 29.6 Å². The predicted molar refractivity (Wildman–Crippen MR) is 40.5 cm³/mol. The third-order valence-corrected chi connectivity index (χ3v) is 1.12. The van der Waals surface area contributed by atoms with Gasteiger partial charge < -0.3 is 5.32 Å². The van der Waals surface area contributed by atoms with Gasteiger partial charge in [0.15, 0.2) is 0 Å². The molecule has 1 amide bonds. The molecule has 0 fully saturated rings. The minimum atomic E-state index is -4.11. The van der Waals surface area contributed by atoms with Crippen LogP contribution in [0.5, 0.6) is 0 Å². The minimum Gasteiger partial charge on any atom is -0.336 e. The molecule has 0 unspecified atom stereocenters. The van der Waals surface area contributed by atoms with Gasteiger partial charge in [0, 0.05) is 29.6 Å². The van der Waals surface area contributed by atoms with Crippen LogP contribution in [0.1, 0.15) is 0 Å². The number of hydrogen-bond donors (Lipinski definition) is 2. The van der Waals surface area contributed by atoms with E-state index >= 15 is 0 Å². The number of carbonyl (C=O) groups is 1. The van der Waals surface area contributed by atoms with Crippen molar-refractivity contribution in [3.8, 4) is 0 Å². The Morgan fingerprint density at radius 2 is 2.09 bits per heavy atom. The van der Waals surface area contributed by atoms with Crippen molar-refractivity contribution in [1.82, 2.24) is 5.32 Å². The molecule has 2 N–H and O–H groups in total. The van der Waals surface area contributed by atoms with Gasteiger partial charge in [-0.1, -0.05) is 6.58 Å². The maximum Gasteiger partial charge on any atom is 0.283 e. The Bertz CT molecular complexity index is 234. The maximum absolute atomic E-state index is 10.3. The first kappa shape index (κ1) is 13.7. The van der Waals surface area contributed by atoms with E-state index in [0.29, 0.717) is 0 Å². The molecular formula is C4H7NNaO4S. The summed E-state index contributed by atoms with van der Waals surface area (Å²) in [7, 11) is -4.11. The molecule has 0 aromatic carbocycles. The molecule has 59 valence electrons. The smallest absolute Gasteiger partial charge is 0.283 e. The summed E-state index contributed by atoms with van der Waals surface area (Å²) in [6.07, 6.45) is 0.908. The third-order valence-electron chi connectivity index (χ3n) is 0.614. The van der Waals surface area contributed by atoms with E-state index < -0.39 is 21.9 Å². The first-order valence-electron chi connectivity index (χ1n) is 2.31. The SMILES string of the molecule is C=CC(=O)NCS(=O)(=O)O.[Na]. The van der Waals surface area contributed by atoms with Crippen LogP contribution in [0.15, 0.2) is 12.7 Å². The second-order valence-corrected chi connectivity index (χ2v) is 2.92. The van der Waals surface area contributed by atoms with E-state index in [2.05, 4.69) is 6.58 Å². The summed E-state index contributed by atoms with van der Waals surface area (Å²) in [5.41, 5.74) is 0. The van der Waals surface area contributed by atoms with Crippen molar-refractivity contribution in [3.05, 3.63) is 12.7 Å². The van der Waals surface area contributed by atoms with Gasteiger partial charge >= 0.3 is 0 Å². The molecule has 0 rings (SSSR count). The fraction of sp³-hybridized carbons (Fsp3) is 0.250. The maximum atomic E-state index is 10.3. The number of amides is 1. The molecule has 11 heavy (non-hydrogen) atoms. The summed E-state index contributed by atoms with van der Waals surface area (Å²) >= 11 is 0. The molecule has 0 aromatic rings. The fourth-order valence-electron chi connectivity index (χ4n) is 0.234. The van der Waals surface area contributed by atoms with Crippen LogP contribution in [-0.2, 0) is 14.9 Å². The molecule has 0 aliphatic rings. The standard InChI is InChI=1S/C4H7NO4S.Na/c1-2-4(6)5-3-10(7,8)9;/h2H,1,3H2,(H,5,6)(H,7,8,9);. The van der Waals surface area contributed by atoms with Crippen LogP contribution >= 0.6 is 0 Å². The first-order valence-corrected chi connectivity index (χ1v) is 3.92. The normalized spacial score (nSPS) is 9.55. The second-order valence-electron chi connectivity index (χ2n) is 1.47. The number of nitrogens with one attached hydrogen (secondary N) is 1. The molecule has 0 spiro atoms. The van der Waals surface area contributed by atoms with Crippen LogP contribution in [0, 0.1) is 0 Å². The van der Waals surface area contributed by atoms with Crippen molar-refractivity contribution in [1.29, 1.82) is 0 Å². The van der Waals surface area contributed by atoms with Crippen LogP contribution in [0.2, 0.25) is 0 Å². The first-order chi connectivity index (χ1) is 4.45. The predicted octanol–water partition coefficient (Wildman–Crippen LogP) is -1.25. The van der Waals surface area contributed by atoms with Crippen LogP contribution in [0.4, 0.5) is 0 Å². The fourth-order valence-corrected chi connectivity index (χ4v) is 0.559. The quantitative estimate of drug-likeness (QED) is 0.329. The molecule has 1 radical (unpaired) electrons. The monoisotopic (exact) mass is 188 g/mol. The molecule has 0 saturated heterocycles. The molecule has 0 heterocycles. The van der Waals surface area contributed by atoms with E-state index in [1.807, 2.05) is 5.32 Å². The van der Waals surface area contributed by atoms with E-state index in [1.54, 1.807) is 0 Å². The molecule has 0 atom stereocenters. The Hall–Kier alpha value is 0.120. The summed E-state index contributed by atoms with van der Waals surface area (Å²) < 4.78 is 28.0. The van der Waals surface area contributed by atoms with Gasteiger partial charge in [-0.05, 0) is 6.08 Å². The molecule has 0 saturated carbocycles. The van der Waals surface area contributed by atoms with Gasteiger partial charge in [0.25, 0.3) is 10.1 Å². The number of hydrogen-bond acceptors (Lipinski definition) is 3. The van der Waals surface area contributed by atoms with E-state index in [9.17, 15) is 13.2 Å². The summed E-state index contributed by atoms with van der Waals surface area (Å²) in [5.74, 6) is -1.42. The molecule has 5 nitrogen and oxygen atoms in total. The van der Waals surface area contributed by atoms with Crippen LogP contribution in [-0.4, -0.2) is 54.3 Å². The zero-order valence-electron chi connectivity index (χ0n) is 6.07. The van der Waals surface area contributed by atoms with Crippen molar-refractivity contribution >= 4 is 45.6 Å². The second kappa shape index (κ2) is 5.73. The van der Waals surface area contributed by atoms with Gasteiger partial charge in [-0.2, -0.15) is 8.42 Å². The minimum absolute atomic E-state index is 0. The Morgan fingerprint density at radius 3 is 2.36 bits per heavy atom. The van der Waals surface area contributed by atoms with Gasteiger partial charge in [0.05, 0.1) is 0 Å². The van der Waals surface area contributed by atoms with E-state index in [4.69, 9.17) is 4.55 Å². The van der Waals surface area contributed by atoms with Gasteiger partial charge in [0.2, 0.25) is 5.91 Å². The molecule has 0 aliphatic carbocycles. The van der Waals surface area contributed by atoms with E-state index in [0.717, 1.165) is 6.08 Å². The topological polar surface area (TPSA) is 83.5 Å². The van der Waals surface area contributed by atoms with Crippen LogP contribution in [0.25, 0.3) is 0 Å². The van der Waals surface area contributed by atoms with E-state index in [1.165, 1.54) is 0 Å². The summed E-state index contributed by atoms with van der Waals surface area (Å²) in [6.45, 7) is 3.07. The van der Waals surface area contributed by atoms with Gasteiger partial charge in [-0.3, -0.25) is 9.35 Å². The third kappa shape index (κ3) is 10.1. The zero-order chi connectivity index (χ0) is 8.20. The van der Waals surface area contributed by atoms with Crippen LogP contribution in [0.3, 0.4) is 0 Å². The molecule has 7 heteroatoms. The Labute approximate surface area is 86.9 Å². The summed E-state index contributed by atoms with van der Waals surface area (Å²) in [4.78, 5) is 10.3. The average Bonchev–Trinajstić information content (AvgIpc) is 1.81. The molecule has 0 bridgehead atoms. The van der Waals surface area contributed by atoms with Crippen molar-refractivity contribution < 1.29 is 17.8 Å². The van der Waals surface area contributed by atoms with Gasteiger partial charge in [0.1, 0.15) is 5.88 Å². The molecule has 0 aliphatic heterocycles. The summed E-state index contributed by atoms with van der Waals surface area (Å²) in [6, 6.07) is 0. The molecular weight excluding hydrogens is 181 g/mol. The Balaban J connectivity index is 0. The zero-order valence-corrected chi connectivity index (χ0v) is 8.89. The average molecular weight is 188 g/mol. The van der Waals surface area contributed by atoms with Gasteiger partial charge in [-0.15, -0.1) is 0 Å². The number of carbonyl (C=O) groups excluding carboxylic acids is 1. The van der Waals surface area contributed by atoms with Crippen molar-refractivity contribution in [2.24, 2.45) is 0 Å². The number of rotatable bonds is 3. The molecule has 0 aromatic heterocycles. The van der Waals surface area contributed by atoms with Crippen molar-refractivity contribution in [2.75, 3.05) is 5.88 Å². The van der Waals surface area contributed by atoms with Gasteiger partial charge in [-0.25, -0.2) is 0 Å². The largest absolute Gasteiger partial charge is 0.336 e. The Kier molecular flexibility index (Phi) is 7.13.